The molecule has 1 aromatic rings. The molecule has 0 spiro atoms. The first kappa shape index (κ1) is 21.6. The molecule has 1 aromatic carbocycles. The van der Waals surface area contributed by atoms with Crippen LogP contribution in [-0.2, 0) is 25.7 Å². The van der Waals surface area contributed by atoms with Gasteiger partial charge in [-0.05, 0) is 24.3 Å². The molecule has 0 fully saturated rings. The van der Waals surface area contributed by atoms with Gasteiger partial charge >= 0.3 is 11.9 Å². The fraction of sp³-hybridized carbons (Fsp3) is 0.526. The van der Waals surface area contributed by atoms with E-state index in [9.17, 15) is 19.5 Å². The Balaban J connectivity index is 2.99. The van der Waals surface area contributed by atoms with Gasteiger partial charge in [-0.2, -0.15) is 0 Å². The minimum absolute atomic E-state index is 0.0289. The summed E-state index contributed by atoms with van der Waals surface area (Å²) in [7, 11) is 0. The van der Waals surface area contributed by atoms with Crippen LogP contribution in [0.3, 0.4) is 0 Å². The van der Waals surface area contributed by atoms with Crippen LogP contribution in [0.25, 0.3) is 0 Å². The molecule has 1 rings (SSSR count). The molecule has 0 bridgehead atoms. The lowest BCUT2D eigenvalue weighted by atomic mass is 9.85. The van der Waals surface area contributed by atoms with Crippen molar-refractivity contribution in [3.8, 4) is 0 Å². The van der Waals surface area contributed by atoms with Gasteiger partial charge in [-0.25, -0.2) is 10.6 Å². The molecule has 7 heteroatoms. The summed E-state index contributed by atoms with van der Waals surface area (Å²) in [5.41, 5.74) is -0.845. The minimum atomic E-state index is -1.63. The number of hydrazine groups is 1. The van der Waals surface area contributed by atoms with Crippen LogP contribution in [-0.4, -0.2) is 33.5 Å². The molecule has 26 heavy (non-hydrogen) atoms. The van der Waals surface area contributed by atoms with Crippen molar-refractivity contribution < 1.29 is 24.2 Å². The summed E-state index contributed by atoms with van der Waals surface area (Å²) in [5, 5.41) is 10.2. The average Bonchev–Trinajstić information content (AvgIpc) is 2.58. The maximum atomic E-state index is 12.8. The zero-order chi connectivity index (χ0) is 20.1. The maximum Gasteiger partial charge on any atom is 0.331 e. The molecular formula is C19H28N2O5. The highest BCUT2D eigenvalue weighted by Crippen LogP contribution is 2.26. The van der Waals surface area contributed by atoms with Crippen LogP contribution in [0.15, 0.2) is 30.3 Å². The van der Waals surface area contributed by atoms with E-state index >= 15 is 0 Å². The van der Waals surface area contributed by atoms with Crippen molar-refractivity contribution in [2.75, 3.05) is 0 Å². The van der Waals surface area contributed by atoms with Gasteiger partial charge in [0.15, 0.2) is 5.54 Å². The topological polar surface area (TPSA) is 110 Å². The van der Waals surface area contributed by atoms with Crippen LogP contribution in [0.2, 0.25) is 0 Å². The summed E-state index contributed by atoms with van der Waals surface area (Å²) >= 11 is 0. The summed E-state index contributed by atoms with van der Waals surface area (Å²) in [5.74, 6) is 1.12. The SMILES string of the molecule is CC(C)C(C(=O)OCc1ccccc1)C(=O)N(N)C(C)(C(=O)O)C(C)C. The van der Waals surface area contributed by atoms with E-state index < -0.39 is 41.1 Å². The Kier molecular flexibility index (Phi) is 7.32. The summed E-state index contributed by atoms with van der Waals surface area (Å²) in [6.07, 6.45) is 0. The number of carboxylic acid groups (broad SMARTS) is 1. The van der Waals surface area contributed by atoms with E-state index in [4.69, 9.17) is 10.6 Å². The van der Waals surface area contributed by atoms with Crippen molar-refractivity contribution in [3.05, 3.63) is 35.9 Å². The summed E-state index contributed by atoms with van der Waals surface area (Å²) in [4.78, 5) is 37.0. The lowest BCUT2D eigenvalue weighted by Crippen LogP contribution is -2.63. The molecule has 2 unspecified atom stereocenters. The van der Waals surface area contributed by atoms with Gasteiger partial charge in [0.2, 0.25) is 0 Å². The van der Waals surface area contributed by atoms with Gasteiger partial charge in [0.1, 0.15) is 12.5 Å². The lowest BCUT2D eigenvalue weighted by Gasteiger charge is -2.39. The Labute approximate surface area is 154 Å². The number of amides is 1. The molecule has 0 aliphatic carbocycles. The van der Waals surface area contributed by atoms with Gasteiger partial charge in [0.05, 0.1) is 0 Å². The van der Waals surface area contributed by atoms with Crippen LogP contribution in [0.5, 0.6) is 0 Å². The lowest BCUT2D eigenvalue weighted by molar-refractivity contribution is -0.170. The third-order valence-electron chi connectivity index (χ3n) is 4.71. The zero-order valence-electron chi connectivity index (χ0n) is 15.9. The van der Waals surface area contributed by atoms with Crippen molar-refractivity contribution in [2.45, 2.75) is 46.8 Å². The van der Waals surface area contributed by atoms with Crippen LogP contribution in [0.1, 0.15) is 40.2 Å². The first-order valence-electron chi connectivity index (χ1n) is 8.56. The first-order chi connectivity index (χ1) is 12.0. The molecule has 3 N–H and O–H groups in total. The number of esters is 1. The second kappa shape index (κ2) is 8.80. The molecule has 0 saturated heterocycles. The number of ether oxygens (including phenoxy) is 1. The number of rotatable bonds is 8. The number of nitrogens with two attached hydrogens (primary N) is 1. The molecule has 1 amide bonds. The second-order valence-electron chi connectivity index (χ2n) is 7.13. The molecule has 2 atom stereocenters. The van der Waals surface area contributed by atoms with Gasteiger partial charge in [-0.15, -0.1) is 0 Å². The standard InChI is InChI=1S/C19H28N2O5/c1-12(2)15(17(23)26-11-14-9-7-6-8-10-14)16(22)21(20)19(5,13(3)4)18(24)25/h6-10,12-13,15H,11,20H2,1-5H3,(H,24,25). The van der Waals surface area contributed by atoms with E-state index in [-0.39, 0.29) is 6.61 Å². The molecule has 0 saturated carbocycles. The fourth-order valence-corrected chi connectivity index (χ4v) is 2.48. The number of carbonyl (C=O) groups is 3. The highest BCUT2D eigenvalue weighted by atomic mass is 16.5. The van der Waals surface area contributed by atoms with Crippen molar-refractivity contribution in [2.24, 2.45) is 23.6 Å². The normalized spacial score (nSPS) is 14.6. The predicted octanol–water partition coefficient (Wildman–Crippen LogP) is 2.20. The van der Waals surface area contributed by atoms with Gasteiger partial charge in [0, 0.05) is 0 Å². The predicted molar refractivity (Wildman–Crippen MR) is 96.5 cm³/mol. The van der Waals surface area contributed by atoms with Crippen molar-refractivity contribution in [1.29, 1.82) is 0 Å². The number of carboxylic acids is 1. The van der Waals surface area contributed by atoms with Crippen molar-refractivity contribution in [3.63, 3.8) is 0 Å². The molecule has 0 aromatic heterocycles. The molecule has 144 valence electrons. The van der Waals surface area contributed by atoms with E-state index in [1.165, 1.54) is 6.92 Å². The Morgan fingerprint density at radius 3 is 2.12 bits per heavy atom. The van der Waals surface area contributed by atoms with Crippen LogP contribution < -0.4 is 5.84 Å². The summed E-state index contributed by atoms with van der Waals surface area (Å²) in [6, 6.07) is 9.08. The van der Waals surface area contributed by atoms with E-state index in [0.717, 1.165) is 5.56 Å². The molecule has 0 aliphatic heterocycles. The van der Waals surface area contributed by atoms with Crippen LogP contribution in [0, 0.1) is 17.8 Å². The number of benzene rings is 1. The maximum absolute atomic E-state index is 12.8. The second-order valence-corrected chi connectivity index (χ2v) is 7.13. The highest BCUT2D eigenvalue weighted by molar-refractivity contribution is 6.00. The summed E-state index contributed by atoms with van der Waals surface area (Å²) in [6.45, 7) is 8.08. The highest BCUT2D eigenvalue weighted by Gasteiger charge is 2.47. The van der Waals surface area contributed by atoms with Crippen LogP contribution in [0.4, 0.5) is 0 Å². The van der Waals surface area contributed by atoms with Gasteiger partial charge in [-0.3, -0.25) is 14.6 Å². The Hall–Kier alpha value is -2.41. The zero-order valence-corrected chi connectivity index (χ0v) is 15.9. The molecule has 0 aliphatic rings. The van der Waals surface area contributed by atoms with E-state index in [1.54, 1.807) is 39.8 Å². The smallest absolute Gasteiger partial charge is 0.331 e. The first-order valence-corrected chi connectivity index (χ1v) is 8.56. The average molecular weight is 364 g/mol. The van der Waals surface area contributed by atoms with Gasteiger partial charge in [0.25, 0.3) is 5.91 Å². The van der Waals surface area contributed by atoms with Crippen molar-refractivity contribution >= 4 is 17.8 Å². The van der Waals surface area contributed by atoms with E-state index in [0.29, 0.717) is 5.01 Å². The molecule has 0 radical (unpaired) electrons. The Morgan fingerprint density at radius 1 is 1.15 bits per heavy atom. The number of carbonyl (C=O) groups excluding carboxylic acids is 2. The number of aliphatic carboxylic acids is 1. The number of hydrogen-bond donors (Lipinski definition) is 2. The molecular weight excluding hydrogens is 336 g/mol. The fourth-order valence-electron chi connectivity index (χ4n) is 2.48. The molecule has 0 heterocycles. The number of hydrogen-bond acceptors (Lipinski definition) is 5. The quantitative estimate of drug-likeness (QED) is 0.241. The largest absolute Gasteiger partial charge is 0.479 e. The Morgan fingerprint density at radius 2 is 1.69 bits per heavy atom. The number of nitrogens with zero attached hydrogens (tertiary/aromatic N) is 1. The molecule has 7 nitrogen and oxygen atoms in total. The van der Waals surface area contributed by atoms with E-state index in [1.807, 2.05) is 18.2 Å². The Bertz CT molecular complexity index is 645. The van der Waals surface area contributed by atoms with Gasteiger partial charge < -0.3 is 9.84 Å². The third-order valence-corrected chi connectivity index (χ3v) is 4.71. The van der Waals surface area contributed by atoms with Crippen molar-refractivity contribution in [1.82, 2.24) is 5.01 Å². The van der Waals surface area contributed by atoms with E-state index in [2.05, 4.69) is 0 Å². The monoisotopic (exact) mass is 364 g/mol. The van der Waals surface area contributed by atoms with Gasteiger partial charge in [-0.1, -0.05) is 58.0 Å². The third kappa shape index (κ3) is 4.60. The van der Waals surface area contributed by atoms with Crippen LogP contribution >= 0.6 is 0 Å². The summed E-state index contributed by atoms with van der Waals surface area (Å²) < 4.78 is 5.27. The minimum Gasteiger partial charge on any atom is -0.479 e.